The molecule has 1 saturated heterocycles. The first-order chi connectivity index (χ1) is 15.1. The van der Waals surface area contributed by atoms with Crippen LogP contribution in [-0.2, 0) is 15.8 Å². The zero-order valence-electron chi connectivity index (χ0n) is 16.9. The van der Waals surface area contributed by atoms with E-state index < -0.39 is 17.7 Å². The lowest BCUT2D eigenvalue weighted by molar-refractivity contribution is -0.138. The summed E-state index contributed by atoms with van der Waals surface area (Å²) >= 11 is 6.49. The fourth-order valence-corrected chi connectivity index (χ4v) is 4.56. The molecule has 1 fully saturated rings. The number of benzene rings is 2. The monoisotopic (exact) mass is 479 g/mol. The zero-order valence-corrected chi connectivity index (χ0v) is 18.5. The van der Waals surface area contributed by atoms with Crippen molar-refractivity contribution in [2.45, 2.75) is 31.9 Å². The zero-order chi connectivity index (χ0) is 23.3. The topological polar surface area (TPSA) is 57.6 Å². The van der Waals surface area contributed by atoms with Crippen molar-refractivity contribution in [1.29, 1.82) is 0 Å². The number of thioether (sulfide) groups is 1. The molecule has 0 aromatic heterocycles. The molecule has 32 heavy (non-hydrogen) atoms. The van der Waals surface area contributed by atoms with E-state index >= 15 is 0 Å². The van der Waals surface area contributed by atoms with Crippen LogP contribution in [0.3, 0.4) is 0 Å². The molecule has 0 saturated carbocycles. The second-order valence-corrected chi connectivity index (χ2v) is 8.92. The molecular weight excluding hydrogens is 459 g/mol. The molecule has 168 valence electrons. The van der Waals surface area contributed by atoms with Crippen LogP contribution in [0.25, 0.3) is 17.2 Å². The number of aliphatic carboxylic acids is 1. The molecule has 1 amide bonds. The molecule has 0 bridgehead atoms. The lowest BCUT2D eigenvalue weighted by atomic mass is 10.0. The summed E-state index contributed by atoms with van der Waals surface area (Å²) < 4.78 is 39.5. The minimum absolute atomic E-state index is 0.0977. The van der Waals surface area contributed by atoms with Gasteiger partial charge in [0, 0.05) is 13.0 Å². The summed E-state index contributed by atoms with van der Waals surface area (Å²) in [6, 6.07) is 12.1. The van der Waals surface area contributed by atoms with Gasteiger partial charge in [-0.2, -0.15) is 13.2 Å². The van der Waals surface area contributed by atoms with Crippen LogP contribution in [0.4, 0.5) is 13.2 Å². The number of unbranched alkanes of at least 4 members (excludes halogenated alkanes) is 2. The van der Waals surface area contributed by atoms with E-state index in [1.54, 1.807) is 36.4 Å². The highest BCUT2D eigenvalue weighted by Crippen LogP contribution is 2.35. The van der Waals surface area contributed by atoms with E-state index in [0.717, 1.165) is 12.1 Å². The van der Waals surface area contributed by atoms with Crippen LogP contribution in [0.2, 0.25) is 0 Å². The van der Waals surface area contributed by atoms with Crippen molar-refractivity contribution < 1.29 is 27.9 Å². The van der Waals surface area contributed by atoms with Gasteiger partial charge in [0.15, 0.2) is 0 Å². The van der Waals surface area contributed by atoms with Gasteiger partial charge in [-0.3, -0.25) is 14.5 Å². The van der Waals surface area contributed by atoms with Gasteiger partial charge < -0.3 is 5.11 Å². The maximum absolute atomic E-state index is 13.0. The number of nitrogens with zero attached hydrogens (tertiary/aromatic N) is 1. The maximum atomic E-state index is 13.0. The van der Waals surface area contributed by atoms with Gasteiger partial charge in [-0.05, 0) is 53.8 Å². The molecule has 2 aromatic rings. The summed E-state index contributed by atoms with van der Waals surface area (Å²) in [7, 11) is 0. The molecule has 1 aliphatic rings. The van der Waals surface area contributed by atoms with Crippen molar-refractivity contribution >= 4 is 46.3 Å². The van der Waals surface area contributed by atoms with E-state index in [1.807, 2.05) is 0 Å². The number of carboxylic acid groups (broad SMARTS) is 1. The third-order valence-electron chi connectivity index (χ3n) is 4.85. The van der Waals surface area contributed by atoms with Gasteiger partial charge >= 0.3 is 12.1 Å². The third kappa shape index (κ3) is 6.20. The predicted molar refractivity (Wildman–Crippen MR) is 123 cm³/mol. The number of rotatable bonds is 8. The number of hydrogen-bond donors (Lipinski definition) is 1. The molecule has 2 aromatic carbocycles. The molecule has 0 radical (unpaired) electrons. The Labute approximate surface area is 193 Å². The number of halogens is 3. The Hall–Kier alpha value is -2.65. The first kappa shape index (κ1) is 24.0. The summed E-state index contributed by atoms with van der Waals surface area (Å²) in [5, 5.41) is 8.68. The summed E-state index contributed by atoms with van der Waals surface area (Å²) in [6.45, 7) is 0.423. The van der Waals surface area contributed by atoms with E-state index in [0.29, 0.717) is 51.7 Å². The van der Waals surface area contributed by atoms with E-state index in [-0.39, 0.29) is 12.3 Å². The number of thiocarbonyl (C=S) groups is 1. The van der Waals surface area contributed by atoms with E-state index in [1.165, 1.54) is 22.7 Å². The Balaban J connectivity index is 1.72. The average molecular weight is 480 g/mol. The van der Waals surface area contributed by atoms with Crippen molar-refractivity contribution in [3.8, 4) is 11.1 Å². The number of hydrogen-bond acceptors (Lipinski definition) is 4. The molecule has 3 rings (SSSR count). The van der Waals surface area contributed by atoms with Gasteiger partial charge in [0.1, 0.15) is 4.32 Å². The van der Waals surface area contributed by atoms with E-state index in [9.17, 15) is 22.8 Å². The number of alkyl halides is 3. The smallest absolute Gasteiger partial charge is 0.416 e. The number of amides is 1. The first-order valence-corrected chi connectivity index (χ1v) is 11.1. The van der Waals surface area contributed by atoms with E-state index in [4.69, 9.17) is 17.3 Å². The SMILES string of the molecule is O=C(O)CCCCCN1C(=O)C(=Cc2cccc(-c3cccc(C(F)(F)F)c3)c2)SC1=S. The summed E-state index contributed by atoms with van der Waals surface area (Å²) in [5.74, 6) is -1.06. The highest BCUT2D eigenvalue weighted by Gasteiger charge is 2.32. The largest absolute Gasteiger partial charge is 0.481 e. The molecular formula is C23H20F3NO3S2. The number of carboxylic acids is 1. The Kier molecular flexibility index (Phi) is 7.73. The standard InChI is InChI=1S/C23H20F3NO3S2/c24-23(25,26)18-9-5-8-17(14-18)16-7-4-6-15(12-16)13-19-21(30)27(22(31)32-19)11-3-1-2-10-20(28)29/h4-9,12-14H,1-3,10-11H2,(H,28,29). The van der Waals surface area contributed by atoms with Crippen molar-refractivity contribution in [2.24, 2.45) is 0 Å². The van der Waals surface area contributed by atoms with Crippen LogP contribution in [0.5, 0.6) is 0 Å². The van der Waals surface area contributed by atoms with Crippen LogP contribution >= 0.6 is 24.0 Å². The number of carbonyl (C=O) groups excluding carboxylic acids is 1. The summed E-state index contributed by atoms with van der Waals surface area (Å²) in [4.78, 5) is 25.2. The lowest BCUT2D eigenvalue weighted by Gasteiger charge is -2.13. The molecule has 1 N–H and O–H groups in total. The molecule has 4 nitrogen and oxygen atoms in total. The van der Waals surface area contributed by atoms with Gasteiger partial charge in [0.2, 0.25) is 0 Å². The Morgan fingerprint density at radius 2 is 1.75 bits per heavy atom. The predicted octanol–water partition coefficient (Wildman–Crippen LogP) is 6.22. The Bertz CT molecular complexity index is 1070. The fraction of sp³-hybridized carbons (Fsp3) is 0.261. The normalized spacial score (nSPS) is 15.6. The van der Waals surface area contributed by atoms with Gasteiger partial charge in [0.05, 0.1) is 10.5 Å². The highest BCUT2D eigenvalue weighted by atomic mass is 32.2. The van der Waals surface area contributed by atoms with Crippen molar-refractivity contribution in [3.05, 3.63) is 64.6 Å². The third-order valence-corrected chi connectivity index (χ3v) is 6.23. The van der Waals surface area contributed by atoms with Crippen molar-refractivity contribution in [1.82, 2.24) is 4.90 Å². The lowest BCUT2D eigenvalue weighted by Crippen LogP contribution is -2.29. The average Bonchev–Trinajstić information content (AvgIpc) is 3.00. The molecule has 1 heterocycles. The quantitative estimate of drug-likeness (QED) is 0.277. The first-order valence-electron chi connectivity index (χ1n) is 9.90. The minimum Gasteiger partial charge on any atom is -0.481 e. The minimum atomic E-state index is -4.42. The molecule has 1 aliphatic heterocycles. The van der Waals surface area contributed by atoms with Crippen LogP contribution < -0.4 is 0 Å². The second kappa shape index (κ2) is 10.3. The molecule has 0 unspecified atom stereocenters. The van der Waals surface area contributed by atoms with Gasteiger partial charge in [-0.25, -0.2) is 0 Å². The maximum Gasteiger partial charge on any atom is 0.416 e. The van der Waals surface area contributed by atoms with Crippen LogP contribution in [0.1, 0.15) is 36.8 Å². The Morgan fingerprint density at radius 3 is 2.44 bits per heavy atom. The van der Waals surface area contributed by atoms with Crippen molar-refractivity contribution in [2.75, 3.05) is 6.54 Å². The van der Waals surface area contributed by atoms with Crippen molar-refractivity contribution in [3.63, 3.8) is 0 Å². The van der Waals surface area contributed by atoms with Crippen LogP contribution in [0, 0.1) is 0 Å². The molecule has 0 aliphatic carbocycles. The summed E-state index contributed by atoms with van der Waals surface area (Å²) in [5.41, 5.74) is 1.01. The molecule has 9 heteroatoms. The van der Waals surface area contributed by atoms with Gasteiger partial charge in [0.25, 0.3) is 5.91 Å². The molecule has 0 atom stereocenters. The second-order valence-electron chi connectivity index (χ2n) is 7.24. The van der Waals surface area contributed by atoms with Gasteiger partial charge in [-0.1, -0.05) is 60.7 Å². The number of carbonyl (C=O) groups is 2. The van der Waals surface area contributed by atoms with E-state index in [2.05, 4.69) is 0 Å². The van der Waals surface area contributed by atoms with Crippen LogP contribution in [-0.4, -0.2) is 32.7 Å². The Morgan fingerprint density at radius 1 is 1.06 bits per heavy atom. The highest BCUT2D eigenvalue weighted by molar-refractivity contribution is 8.26. The fourth-order valence-electron chi connectivity index (χ4n) is 3.25. The van der Waals surface area contributed by atoms with Gasteiger partial charge in [-0.15, -0.1) is 0 Å². The molecule has 0 spiro atoms. The summed E-state index contributed by atoms with van der Waals surface area (Å²) in [6.07, 6.45) is -0.765. The van der Waals surface area contributed by atoms with Crippen LogP contribution in [0.15, 0.2) is 53.4 Å².